The van der Waals surface area contributed by atoms with E-state index in [1.165, 1.54) is 0 Å². The Balaban J connectivity index is 2.15. The first-order valence-corrected chi connectivity index (χ1v) is 7.30. The second kappa shape index (κ2) is 5.52. The van der Waals surface area contributed by atoms with Crippen LogP contribution >= 0.6 is 27.5 Å². The Morgan fingerprint density at radius 3 is 2.65 bits per heavy atom. The first-order chi connectivity index (χ1) is 9.66. The zero-order valence-corrected chi connectivity index (χ0v) is 12.8. The quantitative estimate of drug-likeness (QED) is 0.726. The topological polar surface area (TPSA) is 33.1 Å². The monoisotopic (exact) mass is 347 g/mol. The Morgan fingerprint density at radius 2 is 1.85 bits per heavy atom. The fourth-order valence-corrected chi connectivity index (χ4v) is 3.14. The number of nitrogens with zero attached hydrogens (tertiary/aromatic N) is 1. The summed E-state index contributed by atoms with van der Waals surface area (Å²) < 4.78 is 0.783. The minimum atomic E-state index is -0.750. The average molecular weight is 349 g/mol. The molecule has 1 aromatic heterocycles. The summed E-state index contributed by atoms with van der Waals surface area (Å²) in [6, 6.07) is 15.0. The van der Waals surface area contributed by atoms with Crippen LogP contribution in [0.25, 0.3) is 10.9 Å². The third kappa shape index (κ3) is 2.44. The maximum atomic E-state index is 10.6. The van der Waals surface area contributed by atoms with Crippen LogP contribution in [0.15, 0.2) is 59.2 Å². The van der Waals surface area contributed by atoms with E-state index in [0.29, 0.717) is 5.02 Å². The highest BCUT2D eigenvalue weighted by atomic mass is 79.9. The summed E-state index contributed by atoms with van der Waals surface area (Å²) in [7, 11) is 0. The highest BCUT2D eigenvalue weighted by molar-refractivity contribution is 9.10. The van der Waals surface area contributed by atoms with Crippen molar-refractivity contribution in [3.05, 3.63) is 75.4 Å². The Kier molecular flexibility index (Phi) is 3.74. The van der Waals surface area contributed by atoms with Crippen molar-refractivity contribution >= 4 is 38.4 Å². The van der Waals surface area contributed by atoms with E-state index in [-0.39, 0.29) is 0 Å². The van der Waals surface area contributed by atoms with E-state index in [1.54, 1.807) is 18.3 Å². The summed E-state index contributed by atoms with van der Waals surface area (Å²) in [6.07, 6.45) is 0.982. The van der Waals surface area contributed by atoms with Gasteiger partial charge in [-0.2, -0.15) is 0 Å². The van der Waals surface area contributed by atoms with Crippen LogP contribution in [0.3, 0.4) is 0 Å². The largest absolute Gasteiger partial charge is 0.384 e. The lowest BCUT2D eigenvalue weighted by molar-refractivity contribution is 0.221. The smallest absolute Gasteiger partial charge is 0.107 e. The van der Waals surface area contributed by atoms with Crippen molar-refractivity contribution in [2.75, 3.05) is 0 Å². The van der Waals surface area contributed by atoms with Gasteiger partial charge in [0.15, 0.2) is 0 Å². The van der Waals surface area contributed by atoms with Gasteiger partial charge in [0.1, 0.15) is 6.10 Å². The minimum Gasteiger partial charge on any atom is -0.384 e. The molecule has 1 unspecified atom stereocenters. The van der Waals surface area contributed by atoms with Crippen molar-refractivity contribution in [1.29, 1.82) is 0 Å². The molecule has 0 radical (unpaired) electrons. The van der Waals surface area contributed by atoms with Crippen molar-refractivity contribution < 1.29 is 5.11 Å². The van der Waals surface area contributed by atoms with E-state index in [9.17, 15) is 5.11 Å². The van der Waals surface area contributed by atoms with E-state index in [0.717, 1.165) is 26.5 Å². The predicted octanol–water partition coefficient (Wildman–Crippen LogP) is 4.73. The summed E-state index contributed by atoms with van der Waals surface area (Å²) in [6.45, 7) is 0. The van der Waals surface area contributed by atoms with Crippen molar-refractivity contribution in [3.8, 4) is 0 Å². The minimum absolute atomic E-state index is 0.629. The van der Waals surface area contributed by atoms with Crippen LogP contribution in [0.1, 0.15) is 17.2 Å². The van der Waals surface area contributed by atoms with Crippen LogP contribution in [0.5, 0.6) is 0 Å². The number of para-hydroxylation sites is 1. The molecule has 2 aromatic carbocycles. The lowest BCUT2D eigenvalue weighted by atomic mass is 9.99. The highest BCUT2D eigenvalue weighted by Gasteiger charge is 2.16. The van der Waals surface area contributed by atoms with Gasteiger partial charge in [-0.3, -0.25) is 4.98 Å². The van der Waals surface area contributed by atoms with Crippen LogP contribution in [-0.2, 0) is 0 Å². The second-order valence-electron chi connectivity index (χ2n) is 4.49. The molecule has 0 aliphatic heterocycles. The van der Waals surface area contributed by atoms with Gasteiger partial charge >= 0.3 is 0 Å². The molecular weight excluding hydrogens is 338 g/mol. The number of aliphatic hydroxyl groups excluding tert-OH is 1. The summed E-state index contributed by atoms with van der Waals surface area (Å²) >= 11 is 9.38. The standard InChI is InChI=1S/C16H11BrClNO/c17-14-9-11(18)6-7-12(14)16(20)13-5-1-3-10-4-2-8-19-15(10)13/h1-9,16,20H. The van der Waals surface area contributed by atoms with E-state index in [1.807, 2.05) is 36.4 Å². The Hall–Kier alpha value is -1.42. The Labute approximate surface area is 130 Å². The second-order valence-corrected chi connectivity index (χ2v) is 5.78. The molecule has 3 rings (SSSR count). The van der Waals surface area contributed by atoms with Gasteiger partial charge in [0.2, 0.25) is 0 Å². The van der Waals surface area contributed by atoms with Crippen LogP contribution in [0.4, 0.5) is 0 Å². The normalized spacial score (nSPS) is 12.6. The molecule has 0 spiro atoms. The van der Waals surface area contributed by atoms with Gasteiger partial charge in [-0.15, -0.1) is 0 Å². The van der Waals surface area contributed by atoms with Crippen LogP contribution < -0.4 is 0 Å². The molecule has 1 atom stereocenters. The molecule has 20 heavy (non-hydrogen) atoms. The molecule has 0 saturated heterocycles. The van der Waals surface area contributed by atoms with Crippen molar-refractivity contribution in [2.24, 2.45) is 0 Å². The lowest BCUT2D eigenvalue weighted by Gasteiger charge is -2.15. The predicted molar refractivity (Wildman–Crippen MR) is 85.0 cm³/mol. The molecule has 0 fully saturated rings. The van der Waals surface area contributed by atoms with E-state index >= 15 is 0 Å². The first-order valence-electron chi connectivity index (χ1n) is 6.13. The first kappa shape index (κ1) is 13.6. The summed E-state index contributed by atoms with van der Waals surface area (Å²) in [5.74, 6) is 0. The van der Waals surface area contributed by atoms with Gasteiger partial charge < -0.3 is 5.11 Å². The molecule has 0 aliphatic rings. The zero-order chi connectivity index (χ0) is 14.1. The molecule has 3 aromatic rings. The number of rotatable bonds is 2. The summed E-state index contributed by atoms with van der Waals surface area (Å²) in [4.78, 5) is 4.37. The zero-order valence-electron chi connectivity index (χ0n) is 10.4. The van der Waals surface area contributed by atoms with E-state index < -0.39 is 6.10 Å². The number of hydrogen-bond donors (Lipinski definition) is 1. The van der Waals surface area contributed by atoms with Gasteiger partial charge in [-0.05, 0) is 23.8 Å². The van der Waals surface area contributed by atoms with Gasteiger partial charge in [0.25, 0.3) is 0 Å². The van der Waals surface area contributed by atoms with Gasteiger partial charge in [-0.25, -0.2) is 0 Å². The number of pyridine rings is 1. The number of benzene rings is 2. The van der Waals surface area contributed by atoms with Crippen LogP contribution in [0, 0.1) is 0 Å². The number of fused-ring (bicyclic) bond motifs is 1. The Bertz CT molecular complexity index is 770. The van der Waals surface area contributed by atoms with Crippen molar-refractivity contribution in [3.63, 3.8) is 0 Å². The fourth-order valence-electron chi connectivity index (χ4n) is 2.24. The maximum absolute atomic E-state index is 10.6. The van der Waals surface area contributed by atoms with Crippen LogP contribution in [0.2, 0.25) is 5.02 Å². The third-order valence-electron chi connectivity index (χ3n) is 3.22. The summed E-state index contributed by atoms with van der Waals surface area (Å²) in [5.41, 5.74) is 2.36. The average Bonchev–Trinajstić information content (AvgIpc) is 2.46. The molecule has 2 nitrogen and oxygen atoms in total. The fraction of sp³-hybridized carbons (Fsp3) is 0.0625. The van der Waals surface area contributed by atoms with Crippen molar-refractivity contribution in [2.45, 2.75) is 6.10 Å². The van der Waals surface area contributed by atoms with Gasteiger partial charge in [-0.1, -0.05) is 57.9 Å². The van der Waals surface area contributed by atoms with Gasteiger partial charge in [0.05, 0.1) is 5.52 Å². The molecule has 0 bridgehead atoms. The lowest BCUT2D eigenvalue weighted by Crippen LogP contribution is -2.02. The maximum Gasteiger partial charge on any atom is 0.107 e. The molecule has 1 N–H and O–H groups in total. The molecular formula is C16H11BrClNO. The number of aliphatic hydroxyl groups is 1. The number of aromatic nitrogens is 1. The molecule has 4 heteroatoms. The van der Waals surface area contributed by atoms with Gasteiger partial charge in [0, 0.05) is 26.6 Å². The third-order valence-corrected chi connectivity index (χ3v) is 4.14. The SMILES string of the molecule is OC(c1ccc(Cl)cc1Br)c1cccc2cccnc12. The molecule has 1 heterocycles. The number of hydrogen-bond acceptors (Lipinski definition) is 2. The van der Waals surface area contributed by atoms with E-state index in [4.69, 9.17) is 11.6 Å². The van der Waals surface area contributed by atoms with E-state index in [2.05, 4.69) is 20.9 Å². The molecule has 0 saturated carbocycles. The highest BCUT2D eigenvalue weighted by Crippen LogP contribution is 2.33. The number of halogens is 2. The summed E-state index contributed by atoms with van der Waals surface area (Å²) in [5, 5.41) is 12.3. The molecule has 0 aliphatic carbocycles. The Morgan fingerprint density at radius 1 is 1.05 bits per heavy atom. The van der Waals surface area contributed by atoms with Crippen molar-refractivity contribution in [1.82, 2.24) is 4.98 Å². The van der Waals surface area contributed by atoms with Crippen LogP contribution in [-0.4, -0.2) is 10.1 Å². The molecule has 0 amide bonds. The molecule has 100 valence electrons.